The second-order valence-electron chi connectivity index (χ2n) is 13.0. The molecule has 9 heteroatoms. The van der Waals surface area contributed by atoms with Gasteiger partial charge >= 0.3 is 5.97 Å². The van der Waals surface area contributed by atoms with Crippen LogP contribution in [-0.4, -0.2) is 58.3 Å². The van der Waals surface area contributed by atoms with Crippen LogP contribution in [-0.2, 0) is 25.6 Å². The molecule has 0 radical (unpaired) electrons. The van der Waals surface area contributed by atoms with Gasteiger partial charge in [-0.1, -0.05) is 36.6 Å². The minimum Gasteiger partial charge on any atom is -0.504 e. The average molecular weight is 579 g/mol. The molecular weight excluding hydrogens is 536 g/mol. The van der Waals surface area contributed by atoms with Crippen molar-refractivity contribution in [3.63, 3.8) is 0 Å². The number of esters is 1. The number of oxime groups is 1. The molecule has 9 nitrogen and oxygen atoms in total. The number of phenols is 2. The molecule has 0 spiro atoms. The summed E-state index contributed by atoms with van der Waals surface area (Å²) in [5.41, 5.74) is 1.60. The quantitative estimate of drug-likeness (QED) is 0.166. The van der Waals surface area contributed by atoms with Crippen molar-refractivity contribution in [2.24, 2.45) is 33.7 Å². The van der Waals surface area contributed by atoms with Crippen LogP contribution in [0.5, 0.6) is 11.5 Å². The van der Waals surface area contributed by atoms with Crippen molar-refractivity contribution < 1.29 is 34.5 Å². The van der Waals surface area contributed by atoms with Crippen molar-refractivity contribution in [3.8, 4) is 23.8 Å². The van der Waals surface area contributed by atoms with E-state index in [2.05, 4.69) is 36.3 Å². The molecule has 4 N–H and O–H groups in total. The number of aliphatic hydroxyl groups is 1. The number of carbonyl (C=O) groups is 2. The fourth-order valence-corrected chi connectivity index (χ4v) is 8.57. The first-order chi connectivity index (χ1) is 19.9. The van der Waals surface area contributed by atoms with Gasteiger partial charge in [-0.2, -0.15) is 0 Å². The molecule has 42 heavy (non-hydrogen) atoms. The van der Waals surface area contributed by atoms with Crippen molar-refractivity contribution in [1.82, 2.24) is 5.32 Å². The molecule has 0 heterocycles. The van der Waals surface area contributed by atoms with E-state index in [1.165, 1.54) is 24.8 Å². The molecule has 1 aromatic rings. The van der Waals surface area contributed by atoms with Crippen molar-refractivity contribution in [2.45, 2.75) is 83.3 Å². The van der Waals surface area contributed by atoms with E-state index in [0.29, 0.717) is 29.7 Å². The van der Waals surface area contributed by atoms with E-state index >= 15 is 0 Å². The predicted octanol–water partition coefficient (Wildman–Crippen LogP) is 4.00. The van der Waals surface area contributed by atoms with Crippen LogP contribution >= 0.6 is 0 Å². The van der Waals surface area contributed by atoms with Gasteiger partial charge in [-0.3, -0.25) is 4.79 Å². The van der Waals surface area contributed by atoms with Gasteiger partial charge in [-0.15, -0.1) is 6.42 Å². The minimum absolute atomic E-state index is 0.0651. The molecule has 4 aliphatic carbocycles. The van der Waals surface area contributed by atoms with Crippen LogP contribution in [0.3, 0.4) is 0 Å². The zero-order valence-corrected chi connectivity index (χ0v) is 24.7. The maximum atomic E-state index is 12.6. The Morgan fingerprint density at radius 3 is 2.60 bits per heavy atom. The molecule has 3 fully saturated rings. The first-order valence-electron chi connectivity index (χ1n) is 14.9. The van der Waals surface area contributed by atoms with E-state index < -0.39 is 23.5 Å². The van der Waals surface area contributed by atoms with Crippen LogP contribution in [0.2, 0.25) is 0 Å². The summed E-state index contributed by atoms with van der Waals surface area (Å²) in [5, 5.41) is 37.4. The number of amides is 1. The summed E-state index contributed by atoms with van der Waals surface area (Å²) in [7, 11) is 1.23. The van der Waals surface area contributed by atoms with Crippen LogP contribution < -0.4 is 5.32 Å². The second-order valence-corrected chi connectivity index (χ2v) is 13.0. The summed E-state index contributed by atoms with van der Waals surface area (Å²) >= 11 is 0. The predicted molar refractivity (Wildman–Crippen MR) is 156 cm³/mol. The molecule has 7 atom stereocenters. The molecule has 0 unspecified atom stereocenters. The van der Waals surface area contributed by atoms with Crippen molar-refractivity contribution in [2.75, 3.05) is 13.7 Å². The third-order valence-corrected chi connectivity index (χ3v) is 11.0. The number of carbonyl (C=O) groups excluding carboxylic acids is 2. The molecule has 5 rings (SSSR count). The number of hydrogen-bond acceptors (Lipinski definition) is 8. The number of aromatic hydroxyl groups is 2. The Hall–Kier alpha value is -3.51. The van der Waals surface area contributed by atoms with Gasteiger partial charge in [0.05, 0.1) is 12.8 Å². The van der Waals surface area contributed by atoms with E-state index in [1.807, 2.05) is 0 Å². The Bertz CT molecular complexity index is 1350. The molecule has 0 aliphatic heterocycles. The standard InChI is InChI=1S/C33H42N2O7/c1-5-33(40)15-12-25-23-8-7-21-18-22(10-13-31(21,2)24(23)11-14-32(25,33)3)35-42-19-29(38)34-26(30(39)41-4)16-20-6-9-27(36)28(37)17-20/h1,6,9,17-18,23-26,36-37,40H,7-8,10-16,19H2,2-4H3,(H,34,38)/b35-22+/t23-,24+,25-,26+,31+,32+,33-/m1/s1. The van der Waals surface area contributed by atoms with Gasteiger partial charge < -0.3 is 30.2 Å². The van der Waals surface area contributed by atoms with Gasteiger partial charge in [-0.25, -0.2) is 4.79 Å². The lowest BCUT2D eigenvalue weighted by Gasteiger charge is -2.58. The molecular formula is C33H42N2O7. The van der Waals surface area contributed by atoms with Crippen LogP contribution in [0.15, 0.2) is 35.0 Å². The van der Waals surface area contributed by atoms with E-state index in [1.54, 1.807) is 6.07 Å². The SMILES string of the molecule is C#C[C@@]1(O)CC[C@@H]2[C@@H]3CCC4=C/C(=N/OCC(=O)N[C@@H](Cc5ccc(O)c(O)c5)C(=O)OC)CC[C@]4(C)[C@H]3CC[C@@]21C. The van der Waals surface area contributed by atoms with Crippen LogP contribution in [0.4, 0.5) is 0 Å². The molecule has 1 amide bonds. The Kier molecular flexibility index (Phi) is 8.06. The smallest absolute Gasteiger partial charge is 0.328 e. The number of ether oxygens (including phenoxy) is 1. The van der Waals surface area contributed by atoms with Gasteiger partial charge in [0.25, 0.3) is 5.91 Å². The zero-order chi connectivity index (χ0) is 30.3. The maximum Gasteiger partial charge on any atom is 0.328 e. The first-order valence-corrected chi connectivity index (χ1v) is 14.9. The number of nitrogens with one attached hydrogen (secondary N) is 1. The lowest BCUT2D eigenvalue weighted by molar-refractivity contribution is -0.145. The molecule has 4 aliphatic rings. The molecule has 0 saturated heterocycles. The highest BCUT2D eigenvalue weighted by Gasteiger charge is 2.63. The summed E-state index contributed by atoms with van der Waals surface area (Å²) in [6, 6.07) is 3.20. The van der Waals surface area contributed by atoms with Gasteiger partial charge in [0.2, 0.25) is 0 Å². The lowest BCUT2D eigenvalue weighted by Crippen LogP contribution is -2.54. The Balaban J connectivity index is 1.20. The summed E-state index contributed by atoms with van der Waals surface area (Å²) in [4.78, 5) is 30.3. The largest absolute Gasteiger partial charge is 0.504 e. The lowest BCUT2D eigenvalue weighted by atomic mass is 9.46. The number of fused-ring (bicyclic) bond motifs is 5. The number of rotatable bonds is 7. The normalized spacial score (nSPS) is 35.1. The van der Waals surface area contributed by atoms with Crippen molar-refractivity contribution in [1.29, 1.82) is 0 Å². The number of allylic oxidation sites excluding steroid dienone is 2. The Morgan fingerprint density at radius 2 is 1.88 bits per heavy atom. The molecule has 0 aromatic heterocycles. The summed E-state index contributed by atoms with van der Waals surface area (Å²) in [5.74, 6) is 2.55. The number of benzene rings is 1. The van der Waals surface area contributed by atoms with Crippen LogP contribution in [0, 0.1) is 40.9 Å². The zero-order valence-electron chi connectivity index (χ0n) is 24.7. The Labute approximate surface area is 247 Å². The third kappa shape index (κ3) is 5.15. The molecule has 0 bridgehead atoms. The second kappa shape index (κ2) is 11.3. The monoisotopic (exact) mass is 578 g/mol. The fraction of sp³-hybridized carbons (Fsp3) is 0.606. The van der Waals surface area contributed by atoms with Gasteiger partial charge in [0.1, 0.15) is 11.6 Å². The minimum atomic E-state index is -0.999. The number of phenolic OH excluding ortho intramolecular Hbond substituents is 2. The van der Waals surface area contributed by atoms with Gasteiger partial charge in [0.15, 0.2) is 18.1 Å². The topological polar surface area (TPSA) is 138 Å². The summed E-state index contributed by atoms with van der Waals surface area (Å²) < 4.78 is 4.82. The van der Waals surface area contributed by atoms with Crippen molar-refractivity contribution in [3.05, 3.63) is 35.4 Å². The highest BCUT2D eigenvalue weighted by molar-refractivity contribution is 5.96. The summed E-state index contributed by atoms with van der Waals surface area (Å²) in [6.45, 7) is 4.23. The highest BCUT2D eigenvalue weighted by Crippen LogP contribution is 2.67. The van der Waals surface area contributed by atoms with Crippen molar-refractivity contribution >= 4 is 17.6 Å². The van der Waals surface area contributed by atoms with E-state index in [0.717, 1.165) is 50.7 Å². The van der Waals surface area contributed by atoms with E-state index in [-0.39, 0.29) is 35.4 Å². The van der Waals surface area contributed by atoms with Crippen LogP contribution in [0.1, 0.15) is 70.8 Å². The fourth-order valence-electron chi connectivity index (χ4n) is 8.57. The maximum absolute atomic E-state index is 12.6. The van der Waals surface area contributed by atoms with Gasteiger partial charge in [0, 0.05) is 11.8 Å². The third-order valence-electron chi connectivity index (χ3n) is 11.0. The highest BCUT2D eigenvalue weighted by atomic mass is 16.6. The van der Waals surface area contributed by atoms with E-state index in [4.69, 9.17) is 16.0 Å². The molecule has 1 aromatic carbocycles. The number of nitrogens with zero attached hydrogens (tertiary/aromatic N) is 1. The van der Waals surface area contributed by atoms with Crippen LogP contribution in [0.25, 0.3) is 0 Å². The number of methoxy groups -OCH3 is 1. The van der Waals surface area contributed by atoms with Gasteiger partial charge in [-0.05, 0) is 98.3 Å². The Morgan fingerprint density at radius 1 is 1.12 bits per heavy atom. The number of terminal acetylenes is 1. The molecule has 3 saturated carbocycles. The summed E-state index contributed by atoms with van der Waals surface area (Å²) in [6.07, 6.45) is 15.5. The number of hydrogen-bond donors (Lipinski definition) is 4. The van der Waals surface area contributed by atoms with E-state index in [9.17, 15) is 24.9 Å². The average Bonchev–Trinajstić information content (AvgIpc) is 3.25. The molecule has 226 valence electrons. The first kappa shape index (κ1) is 30.0.